The van der Waals surface area contributed by atoms with Crippen LogP contribution in [0.15, 0.2) is 30.5 Å². The Hall–Kier alpha value is -2.28. The quantitative estimate of drug-likeness (QED) is 0.907. The van der Waals surface area contributed by atoms with Crippen LogP contribution in [0.5, 0.6) is 0 Å². The fraction of sp³-hybridized carbons (Fsp3) is 0.333. The standard InChI is InChI=1S/C15H16F2N4O/c16-12-2-1-10(7-13(12)17)8-15(22)19-14-4-6-21(20-14)11-3-5-18-9-11/h1-2,4,6-7,11,18H,3,5,8-9H2,(H,19,20,22)/t11-/m0/s1. The first-order chi connectivity index (χ1) is 10.6. The first-order valence-corrected chi connectivity index (χ1v) is 7.11. The van der Waals surface area contributed by atoms with Gasteiger partial charge in [0.25, 0.3) is 0 Å². The Morgan fingerprint density at radius 3 is 2.95 bits per heavy atom. The van der Waals surface area contributed by atoms with Crippen LogP contribution in [0, 0.1) is 11.6 Å². The Morgan fingerprint density at radius 1 is 1.36 bits per heavy atom. The zero-order valence-electron chi connectivity index (χ0n) is 11.9. The van der Waals surface area contributed by atoms with Crippen LogP contribution in [0.4, 0.5) is 14.6 Å². The summed E-state index contributed by atoms with van der Waals surface area (Å²) in [5, 5.41) is 10.2. The number of carbonyl (C=O) groups excluding carboxylic acids is 1. The van der Waals surface area contributed by atoms with Crippen LogP contribution in [0.2, 0.25) is 0 Å². The lowest BCUT2D eigenvalue weighted by Crippen LogP contribution is -2.17. The number of benzene rings is 1. The van der Waals surface area contributed by atoms with Gasteiger partial charge in [0.1, 0.15) is 0 Å². The molecule has 0 saturated carbocycles. The lowest BCUT2D eigenvalue weighted by Gasteiger charge is -2.08. The van der Waals surface area contributed by atoms with Gasteiger partial charge in [-0.1, -0.05) is 6.07 Å². The largest absolute Gasteiger partial charge is 0.315 e. The Morgan fingerprint density at radius 2 is 2.23 bits per heavy atom. The van der Waals surface area contributed by atoms with Gasteiger partial charge in [0.05, 0.1) is 12.5 Å². The highest BCUT2D eigenvalue weighted by Crippen LogP contribution is 2.16. The van der Waals surface area contributed by atoms with Gasteiger partial charge >= 0.3 is 0 Å². The third-order valence-corrected chi connectivity index (χ3v) is 3.63. The van der Waals surface area contributed by atoms with Gasteiger partial charge in [-0.25, -0.2) is 8.78 Å². The SMILES string of the molecule is O=C(Cc1ccc(F)c(F)c1)Nc1ccn([C@H]2CCNC2)n1. The predicted molar refractivity (Wildman–Crippen MR) is 77.4 cm³/mol. The van der Waals surface area contributed by atoms with Gasteiger partial charge in [0.2, 0.25) is 5.91 Å². The molecule has 0 unspecified atom stereocenters. The Bertz CT molecular complexity index is 680. The van der Waals surface area contributed by atoms with Crippen molar-refractivity contribution in [1.29, 1.82) is 0 Å². The average molecular weight is 306 g/mol. The molecule has 1 aliphatic rings. The van der Waals surface area contributed by atoms with E-state index in [1.165, 1.54) is 6.07 Å². The highest BCUT2D eigenvalue weighted by atomic mass is 19.2. The summed E-state index contributed by atoms with van der Waals surface area (Å²) >= 11 is 0. The molecule has 0 spiro atoms. The third-order valence-electron chi connectivity index (χ3n) is 3.63. The van der Waals surface area contributed by atoms with Crippen LogP contribution in [-0.4, -0.2) is 28.8 Å². The van der Waals surface area contributed by atoms with Gasteiger partial charge in [-0.05, 0) is 30.7 Å². The highest BCUT2D eigenvalue weighted by molar-refractivity contribution is 5.91. The van der Waals surface area contributed by atoms with Crippen LogP contribution in [0.25, 0.3) is 0 Å². The summed E-state index contributed by atoms with van der Waals surface area (Å²) in [4.78, 5) is 11.9. The van der Waals surface area contributed by atoms with E-state index in [2.05, 4.69) is 15.7 Å². The van der Waals surface area contributed by atoms with Crippen molar-refractivity contribution in [3.8, 4) is 0 Å². The summed E-state index contributed by atoms with van der Waals surface area (Å²) in [5.41, 5.74) is 0.413. The van der Waals surface area contributed by atoms with Crippen molar-refractivity contribution in [2.75, 3.05) is 18.4 Å². The van der Waals surface area contributed by atoms with Crippen LogP contribution < -0.4 is 10.6 Å². The minimum absolute atomic E-state index is 0.0327. The molecule has 7 heteroatoms. The maximum absolute atomic E-state index is 13.1. The van der Waals surface area contributed by atoms with E-state index in [9.17, 15) is 13.6 Å². The summed E-state index contributed by atoms with van der Waals surface area (Å²) in [6, 6.07) is 5.46. The number of carbonyl (C=O) groups is 1. The monoisotopic (exact) mass is 306 g/mol. The molecule has 1 atom stereocenters. The number of nitrogens with zero attached hydrogens (tertiary/aromatic N) is 2. The fourth-order valence-corrected chi connectivity index (χ4v) is 2.50. The topological polar surface area (TPSA) is 59.0 Å². The number of nitrogens with one attached hydrogen (secondary N) is 2. The number of rotatable bonds is 4. The molecule has 2 N–H and O–H groups in total. The van der Waals surface area contributed by atoms with Crippen molar-refractivity contribution in [3.05, 3.63) is 47.7 Å². The number of hydrogen-bond acceptors (Lipinski definition) is 3. The molecule has 1 amide bonds. The normalized spacial score (nSPS) is 17.6. The smallest absolute Gasteiger partial charge is 0.229 e. The zero-order valence-corrected chi connectivity index (χ0v) is 11.9. The van der Waals surface area contributed by atoms with Gasteiger partial charge in [0, 0.05) is 18.8 Å². The predicted octanol–water partition coefficient (Wildman–Crippen LogP) is 1.88. The maximum Gasteiger partial charge on any atom is 0.229 e. The van der Waals surface area contributed by atoms with E-state index in [0.717, 1.165) is 31.6 Å². The van der Waals surface area contributed by atoms with Gasteiger partial charge in [-0.3, -0.25) is 9.48 Å². The molecule has 1 fully saturated rings. The zero-order chi connectivity index (χ0) is 15.5. The highest BCUT2D eigenvalue weighted by Gasteiger charge is 2.17. The first-order valence-electron chi connectivity index (χ1n) is 7.11. The molecule has 3 rings (SSSR count). The van der Waals surface area contributed by atoms with Crippen molar-refractivity contribution in [2.45, 2.75) is 18.9 Å². The van der Waals surface area contributed by atoms with E-state index in [0.29, 0.717) is 17.4 Å². The number of halogens is 2. The maximum atomic E-state index is 13.1. The van der Waals surface area contributed by atoms with Crippen molar-refractivity contribution < 1.29 is 13.6 Å². The molecule has 0 radical (unpaired) electrons. The second-order valence-corrected chi connectivity index (χ2v) is 5.30. The number of anilines is 1. The van der Waals surface area contributed by atoms with Crippen molar-refractivity contribution in [1.82, 2.24) is 15.1 Å². The molecular weight excluding hydrogens is 290 g/mol. The average Bonchev–Trinajstić information content (AvgIpc) is 3.13. The van der Waals surface area contributed by atoms with Gasteiger partial charge in [0.15, 0.2) is 17.5 Å². The summed E-state index contributed by atoms with van der Waals surface area (Å²) < 4.78 is 27.8. The second kappa shape index (κ2) is 6.23. The van der Waals surface area contributed by atoms with Crippen LogP contribution in [0.1, 0.15) is 18.0 Å². The lowest BCUT2D eigenvalue weighted by molar-refractivity contribution is -0.115. The molecule has 1 aromatic heterocycles. The molecular formula is C15H16F2N4O. The van der Waals surface area contributed by atoms with Crippen molar-refractivity contribution in [3.63, 3.8) is 0 Å². The Balaban J connectivity index is 1.60. The minimum atomic E-state index is -0.955. The number of hydrogen-bond donors (Lipinski definition) is 2. The number of aromatic nitrogens is 2. The summed E-state index contributed by atoms with van der Waals surface area (Å²) in [6.07, 6.45) is 2.80. The number of amides is 1. The minimum Gasteiger partial charge on any atom is -0.315 e. The molecule has 5 nitrogen and oxygen atoms in total. The van der Waals surface area contributed by atoms with Crippen LogP contribution >= 0.6 is 0 Å². The third kappa shape index (κ3) is 3.30. The second-order valence-electron chi connectivity index (χ2n) is 5.30. The molecule has 2 aromatic rings. The molecule has 116 valence electrons. The lowest BCUT2D eigenvalue weighted by atomic mass is 10.1. The first kappa shape index (κ1) is 14.6. The van der Waals surface area contributed by atoms with E-state index in [1.54, 1.807) is 6.07 Å². The van der Waals surface area contributed by atoms with Gasteiger partial charge in [-0.15, -0.1) is 0 Å². The summed E-state index contributed by atoms with van der Waals surface area (Å²) in [5.74, 6) is -1.74. The van der Waals surface area contributed by atoms with Crippen LogP contribution in [0.3, 0.4) is 0 Å². The van der Waals surface area contributed by atoms with E-state index in [4.69, 9.17) is 0 Å². The van der Waals surface area contributed by atoms with E-state index < -0.39 is 11.6 Å². The van der Waals surface area contributed by atoms with Gasteiger partial charge < -0.3 is 10.6 Å². The molecule has 2 heterocycles. The molecule has 1 aromatic carbocycles. The molecule has 1 aliphatic heterocycles. The van der Waals surface area contributed by atoms with Gasteiger partial charge in [-0.2, -0.15) is 5.10 Å². The van der Waals surface area contributed by atoms with E-state index in [-0.39, 0.29) is 12.3 Å². The molecule has 0 aliphatic carbocycles. The Labute approximate surface area is 126 Å². The molecule has 1 saturated heterocycles. The van der Waals surface area contributed by atoms with E-state index in [1.807, 2.05) is 10.9 Å². The summed E-state index contributed by atoms with van der Waals surface area (Å²) in [6.45, 7) is 1.83. The van der Waals surface area contributed by atoms with Crippen molar-refractivity contribution >= 4 is 11.7 Å². The van der Waals surface area contributed by atoms with Crippen molar-refractivity contribution in [2.24, 2.45) is 0 Å². The fourth-order valence-electron chi connectivity index (χ4n) is 2.50. The van der Waals surface area contributed by atoms with E-state index >= 15 is 0 Å². The summed E-state index contributed by atoms with van der Waals surface area (Å²) in [7, 11) is 0. The molecule has 0 bridgehead atoms. The van der Waals surface area contributed by atoms with Crippen LogP contribution in [-0.2, 0) is 11.2 Å². The molecule has 22 heavy (non-hydrogen) atoms. The Kier molecular flexibility index (Phi) is 4.15.